The lowest BCUT2D eigenvalue weighted by atomic mass is 9.80. The fourth-order valence-corrected chi connectivity index (χ4v) is 6.36. The van der Waals surface area contributed by atoms with Gasteiger partial charge in [0.2, 0.25) is 16.0 Å². The second kappa shape index (κ2) is 9.11. The number of halogens is 1. The molecule has 0 amide bonds. The van der Waals surface area contributed by atoms with Crippen molar-refractivity contribution in [2.24, 2.45) is 5.92 Å². The van der Waals surface area contributed by atoms with E-state index in [9.17, 15) is 17.9 Å². The van der Waals surface area contributed by atoms with Gasteiger partial charge in [0.15, 0.2) is 11.6 Å². The number of rotatable bonds is 7. The van der Waals surface area contributed by atoms with Gasteiger partial charge in [-0.3, -0.25) is 10.9 Å². The van der Waals surface area contributed by atoms with E-state index < -0.39 is 15.8 Å². The molecule has 0 spiro atoms. The van der Waals surface area contributed by atoms with Crippen LogP contribution in [0.3, 0.4) is 0 Å². The van der Waals surface area contributed by atoms with Crippen molar-refractivity contribution in [1.29, 1.82) is 0 Å². The van der Waals surface area contributed by atoms with E-state index in [2.05, 4.69) is 30.9 Å². The summed E-state index contributed by atoms with van der Waals surface area (Å²) < 4.78 is 41.8. The van der Waals surface area contributed by atoms with Gasteiger partial charge in [0.05, 0.1) is 11.1 Å². The summed E-state index contributed by atoms with van der Waals surface area (Å²) in [6.07, 6.45) is 4.63. The summed E-state index contributed by atoms with van der Waals surface area (Å²) in [6, 6.07) is 5.41. The van der Waals surface area contributed by atoms with Gasteiger partial charge >= 0.3 is 0 Å². The van der Waals surface area contributed by atoms with E-state index in [1.54, 1.807) is 12.1 Å². The van der Waals surface area contributed by atoms with E-state index in [-0.39, 0.29) is 35.9 Å². The van der Waals surface area contributed by atoms with Gasteiger partial charge in [0.1, 0.15) is 0 Å². The molecule has 3 atom stereocenters. The number of hydrogen-bond acceptors (Lipinski definition) is 9. The highest BCUT2D eigenvalue weighted by Crippen LogP contribution is 2.34. The van der Waals surface area contributed by atoms with Crippen molar-refractivity contribution >= 4 is 27.5 Å². The molecule has 0 bridgehead atoms. The molecule has 1 aromatic carbocycles. The van der Waals surface area contributed by atoms with Crippen molar-refractivity contribution in [1.82, 2.24) is 25.5 Å². The van der Waals surface area contributed by atoms with Gasteiger partial charge in [-0.25, -0.2) is 22.5 Å². The first-order valence-corrected chi connectivity index (χ1v) is 12.7. The summed E-state index contributed by atoms with van der Waals surface area (Å²) in [5.41, 5.74) is 7.74. The Bertz CT molecular complexity index is 1130. The van der Waals surface area contributed by atoms with Gasteiger partial charge in [-0.2, -0.15) is 4.98 Å². The van der Waals surface area contributed by atoms with Crippen molar-refractivity contribution < 1.29 is 17.9 Å². The van der Waals surface area contributed by atoms with E-state index >= 15 is 0 Å². The Morgan fingerprint density at radius 1 is 1.30 bits per heavy atom. The minimum absolute atomic E-state index is 0.00323. The van der Waals surface area contributed by atoms with Crippen LogP contribution in [0.2, 0.25) is 0 Å². The SMILES string of the molecule is O=S1(=O)NCc2ccc(Nc3ncc(F)c(N(CCCO)C4CCCC5NNCC54)n3)cc21. The molecule has 1 aromatic heterocycles. The molecule has 1 aliphatic carbocycles. The maximum absolute atomic E-state index is 15.0. The highest BCUT2D eigenvalue weighted by molar-refractivity contribution is 7.89. The Hall–Kier alpha value is -2.38. The molecule has 3 heterocycles. The number of anilines is 3. The number of benzene rings is 1. The van der Waals surface area contributed by atoms with Crippen LogP contribution in [0.5, 0.6) is 0 Å². The monoisotopic (exact) mass is 477 g/mol. The van der Waals surface area contributed by atoms with Crippen LogP contribution in [-0.2, 0) is 16.6 Å². The van der Waals surface area contributed by atoms with Crippen molar-refractivity contribution in [2.45, 2.75) is 49.2 Å². The lowest BCUT2D eigenvalue weighted by Gasteiger charge is -2.41. The summed E-state index contributed by atoms with van der Waals surface area (Å²) in [5.74, 6) is 0.144. The largest absolute Gasteiger partial charge is 0.396 e. The maximum atomic E-state index is 15.0. The van der Waals surface area contributed by atoms with Crippen molar-refractivity contribution in [3.63, 3.8) is 0 Å². The van der Waals surface area contributed by atoms with E-state index in [0.717, 1.165) is 32.0 Å². The van der Waals surface area contributed by atoms with Gasteiger partial charge < -0.3 is 15.3 Å². The molecule has 2 aromatic rings. The van der Waals surface area contributed by atoms with Crippen molar-refractivity contribution in [3.8, 4) is 0 Å². The Morgan fingerprint density at radius 3 is 3.03 bits per heavy atom. The molecule has 3 unspecified atom stereocenters. The number of hydrogen-bond donors (Lipinski definition) is 5. The zero-order valence-electron chi connectivity index (χ0n) is 18.1. The van der Waals surface area contributed by atoms with Crippen LogP contribution in [-0.4, -0.2) is 55.3 Å². The molecule has 0 radical (unpaired) electrons. The van der Waals surface area contributed by atoms with Gasteiger partial charge in [0.25, 0.3) is 0 Å². The molecule has 3 aliphatic rings. The summed E-state index contributed by atoms with van der Waals surface area (Å²) in [5, 5.41) is 12.5. The zero-order valence-corrected chi connectivity index (χ0v) is 18.9. The molecule has 5 rings (SSSR count). The van der Waals surface area contributed by atoms with Gasteiger partial charge in [-0.1, -0.05) is 6.07 Å². The van der Waals surface area contributed by atoms with Gasteiger partial charge in [0, 0.05) is 49.9 Å². The molecule has 5 N–H and O–H groups in total. The third kappa shape index (κ3) is 4.41. The van der Waals surface area contributed by atoms with Crippen molar-refractivity contribution in [3.05, 3.63) is 35.8 Å². The lowest BCUT2D eigenvalue weighted by Crippen LogP contribution is -2.50. The number of aromatic nitrogens is 2. The zero-order chi connectivity index (χ0) is 23.0. The normalized spacial score (nSPS) is 25.5. The van der Waals surface area contributed by atoms with Crippen LogP contribution in [0.4, 0.5) is 21.8 Å². The quantitative estimate of drug-likeness (QED) is 0.396. The average Bonchev–Trinajstić information content (AvgIpc) is 3.41. The number of aliphatic hydroxyl groups excluding tert-OH is 1. The number of aliphatic hydroxyl groups is 1. The highest BCUT2D eigenvalue weighted by atomic mass is 32.2. The first-order valence-electron chi connectivity index (χ1n) is 11.2. The van der Waals surface area contributed by atoms with Crippen LogP contribution in [0.1, 0.15) is 31.2 Å². The minimum Gasteiger partial charge on any atom is -0.396 e. The second-order valence-corrected chi connectivity index (χ2v) is 10.4. The highest BCUT2D eigenvalue weighted by Gasteiger charge is 2.40. The van der Waals surface area contributed by atoms with Crippen LogP contribution in [0.25, 0.3) is 0 Å². The topological polar surface area (TPSA) is 132 Å². The van der Waals surface area contributed by atoms with Crippen LogP contribution in [0, 0.1) is 11.7 Å². The first kappa shape index (κ1) is 22.4. The molecular formula is C21H28FN7O3S. The summed E-state index contributed by atoms with van der Waals surface area (Å²) in [7, 11) is -3.52. The number of hydrazine groups is 1. The fraction of sp³-hybridized carbons (Fsp3) is 0.524. The van der Waals surface area contributed by atoms with Gasteiger partial charge in [-0.05, 0) is 43.4 Å². The number of sulfonamides is 1. The van der Waals surface area contributed by atoms with Gasteiger partial charge in [-0.15, -0.1) is 0 Å². The van der Waals surface area contributed by atoms with Crippen molar-refractivity contribution in [2.75, 3.05) is 29.9 Å². The molecule has 12 heteroatoms. The predicted octanol–water partition coefficient (Wildman–Crippen LogP) is 0.985. The first-order chi connectivity index (χ1) is 16.0. The molecule has 33 heavy (non-hydrogen) atoms. The van der Waals surface area contributed by atoms with E-state index in [0.29, 0.717) is 36.2 Å². The summed E-state index contributed by atoms with van der Waals surface area (Å²) >= 11 is 0. The molecular weight excluding hydrogens is 449 g/mol. The van der Waals surface area contributed by atoms with E-state index in [1.165, 1.54) is 6.07 Å². The molecule has 178 valence electrons. The maximum Gasteiger partial charge on any atom is 0.241 e. The molecule has 10 nitrogen and oxygen atoms in total. The van der Waals surface area contributed by atoms with Crippen LogP contribution < -0.4 is 25.8 Å². The fourth-order valence-electron chi connectivity index (χ4n) is 5.09. The second-order valence-electron chi connectivity index (χ2n) is 8.70. The Balaban J connectivity index is 1.44. The number of fused-ring (bicyclic) bond motifs is 2. The standard InChI is InChI=1S/C21H28FN7O3S/c22-16-12-23-21(26-14-6-5-13-10-25-33(31,32)19(13)9-14)27-20(16)29(7-2-8-30)18-4-1-3-17-15(18)11-24-28-17/h5-6,9,12,15,17-18,24-25,28,30H,1-4,7-8,10-11H2,(H,23,26,27). The molecule has 2 aliphatic heterocycles. The Labute approximate surface area is 192 Å². The molecule has 2 fully saturated rings. The predicted molar refractivity (Wildman–Crippen MR) is 121 cm³/mol. The molecule has 1 saturated carbocycles. The number of nitrogens with zero attached hydrogens (tertiary/aromatic N) is 3. The smallest absolute Gasteiger partial charge is 0.241 e. The lowest BCUT2D eigenvalue weighted by molar-refractivity contribution is 0.260. The summed E-state index contributed by atoms with van der Waals surface area (Å²) in [4.78, 5) is 10.7. The average molecular weight is 478 g/mol. The molecule has 1 saturated heterocycles. The van der Waals surface area contributed by atoms with Crippen LogP contribution >= 0.6 is 0 Å². The Morgan fingerprint density at radius 2 is 2.18 bits per heavy atom. The minimum atomic E-state index is -3.52. The third-order valence-corrected chi connectivity index (χ3v) is 8.16. The Kier molecular flexibility index (Phi) is 6.18. The number of nitrogens with one attached hydrogen (secondary N) is 4. The summed E-state index contributed by atoms with van der Waals surface area (Å²) in [6.45, 7) is 1.53. The van der Waals surface area contributed by atoms with E-state index in [4.69, 9.17) is 0 Å². The third-order valence-electron chi connectivity index (χ3n) is 6.67. The van der Waals surface area contributed by atoms with E-state index in [1.807, 2.05) is 4.90 Å². The van der Waals surface area contributed by atoms with Crippen LogP contribution in [0.15, 0.2) is 29.3 Å².